The zero-order valence-electron chi connectivity index (χ0n) is 18.9. The molecule has 0 bridgehead atoms. The second-order valence-corrected chi connectivity index (χ2v) is 8.82. The number of imidazole rings is 1. The molecule has 1 aromatic heterocycles. The minimum atomic E-state index is -1.49. The zero-order valence-corrected chi connectivity index (χ0v) is 18.9. The van der Waals surface area contributed by atoms with Gasteiger partial charge >= 0.3 is 0 Å². The van der Waals surface area contributed by atoms with Crippen molar-refractivity contribution in [2.24, 2.45) is 0 Å². The molecule has 0 spiro atoms. The van der Waals surface area contributed by atoms with Crippen LogP contribution in [0.15, 0.2) is 48.4 Å². The normalized spacial score (nSPS) is 21.3. The molecular formula is C26H24F3N3O2. The van der Waals surface area contributed by atoms with E-state index >= 15 is 0 Å². The Kier molecular flexibility index (Phi) is 5.67. The summed E-state index contributed by atoms with van der Waals surface area (Å²) in [5.74, 6) is -3.48. The van der Waals surface area contributed by atoms with Crippen LogP contribution in [0.1, 0.15) is 48.5 Å². The Labute approximate surface area is 195 Å². The van der Waals surface area contributed by atoms with Crippen LogP contribution in [0.4, 0.5) is 13.2 Å². The number of aryl methyl sites for hydroxylation is 1. The molecule has 8 heteroatoms. The minimum absolute atomic E-state index is 0.00668. The summed E-state index contributed by atoms with van der Waals surface area (Å²) in [6.07, 6.45) is 8.16. The molecule has 2 saturated heterocycles. The van der Waals surface area contributed by atoms with Gasteiger partial charge in [0.1, 0.15) is 5.75 Å². The van der Waals surface area contributed by atoms with Crippen molar-refractivity contribution >= 4 is 12.0 Å². The monoisotopic (exact) mass is 467 g/mol. The van der Waals surface area contributed by atoms with Gasteiger partial charge in [0.15, 0.2) is 17.5 Å². The van der Waals surface area contributed by atoms with Gasteiger partial charge in [-0.15, -0.1) is 0 Å². The van der Waals surface area contributed by atoms with Gasteiger partial charge in [0.25, 0.3) is 5.91 Å². The number of piperidine rings is 1. The molecule has 34 heavy (non-hydrogen) atoms. The highest BCUT2D eigenvalue weighted by molar-refractivity contribution is 5.99. The molecule has 0 N–H and O–H groups in total. The predicted octanol–water partition coefficient (Wildman–Crippen LogP) is 5.52. The number of fused-ring (bicyclic) bond motifs is 1. The summed E-state index contributed by atoms with van der Waals surface area (Å²) in [6.45, 7) is 1.91. The molecule has 2 fully saturated rings. The van der Waals surface area contributed by atoms with E-state index in [2.05, 4.69) is 4.98 Å². The van der Waals surface area contributed by atoms with E-state index in [0.29, 0.717) is 24.2 Å². The quantitative estimate of drug-likeness (QED) is 0.375. The van der Waals surface area contributed by atoms with E-state index in [1.54, 1.807) is 18.3 Å². The van der Waals surface area contributed by atoms with E-state index in [4.69, 9.17) is 4.74 Å². The molecule has 5 nitrogen and oxygen atoms in total. The van der Waals surface area contributed by atoms with Crippen molar-refractivity contribution in [3.63, 3.8) is 0 Å². The smallest absolute Gasteiger partial charge is 0.250 e. The molecular weight excluding hydrogens is 443 g/mol. The minimum Gasteiger partial charge on any atom is -0.495 e. The van der Waals surface area contributed by atoms with Crippen molar-refractivity contribution in [3.8, 4) is 11.4 Å². The SMILES string of the molecule is COc1cc(C=C2CC[C@H]3CC[C@@H](c4cc(F)c(F)c(F)c4)N3C2=O)ccc1-n1cnc(C)c1. The molecule has 5 rings (SSSR count). The van der Waals surface area contributed by atoms with Gasteiger partial charge in [0.2, 0.25) is 0 Å². The number of nitrogens with zero attached hydrogens (tertiary/aromatic N) is 3. The Balaban J connectivity index is 1.44. The van der Waals surface area contributed by atoms with Crippen LogP contribution in [-0.2, 0) is 4.79 Å². The van der Waals surface area contributed by atoms with Crippen molar-refractivity contribution in [3.05, 3.63) is 82.7 Å². The summed E-state index contributed by atoms with van der Waals surface area (Å²) in [7, 11) is 1.59. The van der Waals surface area contributed by atoms with Crippen LogP contribution in [0, 0.1) is 24.4 Å². The lowest BCUT2D eigenvalue weighted by Gasteiger charge is -2.35. The standard InChI is InChI=1S/C26H24F3N3O2/c1-15-13-31(14-30-15)23-7-3-16(10-24(23)34-2)9-17-4-5-19-6-8-22(32(19)26(17)33)18-11-20(27)25(29)21(28)12-18/h3,7,9-14,19,22H,4-6,8H2,1-2H3/t19-,22-/m0/s1. The molecule has 0 radical (unpaired) electrons. The Morgan fingerprint density at radius 1 is 1.09 bits per heavy atom. The number of rotatable bonds is 4. The number of hydrogen-bond acceptors (Lipinski definition) is 3. The summed E-state index contributed by atoms with van der Waals surface area (Å²) >= 11 is 0. The number of amides is 1. The fourth-order valence-corrected chi connectivity index (χ4v) is 5.05. The summed E-state index contributed by atoms with van der Waals surface area (Å²) in [5.41, 5.74) is 3.44. The van der Waals surface area contributed by atoms with Crippen molar-refractivity contribution in [2.45, 2.75) is 44.7 Å². The lowest BCUT2D eigenvalue weighted by molar-refractivity contribution is -0.131. The van der Waals surface area contributed by atoms with E-state index in [0.717, 1.165) is 41.9 Å². The van der Waals surface area contributed by atoms with E-state index in [1.165, 1.54) is 0 Å². The first-order chi connectivity index (χ1) is 16.4. The summed E-state index contributed by atoms with van der Waals surface area (Å²) < 4.78 is 48.6. The van der Waals surface area contributed by atoms with Crippen LogP contribution < -0.4 is 4.74 Å². The van der Waals surface area contributed by atoms with Crippen LogP contribution in [-0.4, -0.2) is 33.5 Å². The van der Waals surface area contributed by atoms with Gasteiger partial charge in [0.05, 0.1) is 30.9 Å². The maximum Gasteiger partial charge on any atom is 0.250 e. The van der Waals surface area contributed by atoms with E-state index in [-0.39, 0.29) is 17.5 Å². The van der Waals surface area contributed by atoms with Crippen molar-refractivity contribution in [2.75, 3.05) is 7.11 Å². The van der Waals surface area contributed by atoms with Gasteiger partial charge in [-0.3, -0.25) is 4.79 Å². The Morgan fingerprint density at radius 3 is 2.53 bits per heavy atom. The van der Waals surface area contributed by atoms with Crippen molar-refractivity contribution in [1.82, 2.24) is 14.5 Å². The maximum absolute atomic E-state index is 13.9. The largest absolute Gasteiger partial charge is 0.495 e. The van der Waals surface area contributed by atoms with Gasteiger partial charge in [-0.05, 0) is 74.1 Å². The molecule has 2 aliphatic rings. The summed E-state index contributed by atoms with van der Waals surface area (Å²) in [6, 6.07) is 7.20. The third-order valence-corrected chi connectivity index (χ3v) is 6.68. The van der Waals surface area contributed by atoms with Crippen LogP contribution in [0.25, 0.3) is 11.8 Å². The fraction of sp³-hybridized carbons (Fsp3) is 0.308. The van der Waals surface area contributed by atoms with Crippen LogP contribution in [0.5, 0.6) is 5.75 Å². The topological polar surface area (TPSA) is 47.4 Å². The molecule has 3 heterocycles. The fourth-order valence-electron chi connectivity index (χ4n) is 5.05. The second-order valence-electron chi connectivity index (χ2n) is 8.82. The van der Waals surface area contributed by atoms with Crippen LogP contribution >= 0.6 is 0 Å². The highest BCUT2D eigenvalue weighted by Crippen LogP contribution is 2.43. The number of hydrogen-bond donors (Lipinski definition) is 0. The summed E-state index contributed by atoms with van der Waals surface area (Å²) in [5, 5.41) is 0. The lowest BCUT2D eigenvalue weighted by Crippen LogP contribution is -2.41. The molecule has 0 unspecified atom stereocenters. The van der Waals surface area contributed by atoms with E-state index in [9.17, 15) is 18.0 Å². The van der Waals surface area contributed by atoms with Crippen molar-refractivity contribution < 1.29 is 22.7 Å². The molecule has 2 aliphatic heterocycles. The number of aromatic nitrogens is 2. The molecule has 0 saturated carbocycles. The molecule has 176 valence electrons. The van der Waals surface area contributed by atoms with Gasteiger partial charge in [0, 0.05) is 17.8 Å². The third-order valence-electron chi connectivity index (χ3n) is 6.68. The Hall–Kier alpha value is -3.55. The number of halogens is 3. The highest BCUT2D eigenvalue weighted by Gasteiger charge is 2.42. The van der Waals surface area contributed by atoms with Gasteiger partial charge in [-0.2, -0.15) is 0 Å². The van der Waals surface area contributed by atoms with Crippen LogP contribution in [0.3, 0.4) is 0 Å². The first-order valence-electron chi connectivity index (χ1n) is 11.2. The number of ether oxygens (including phenoxy) is 1. The molecule has 2 aromatic carbocycles. The van der Waals surface area contributed by atoms with E-state index < -0.39 is 23.5 Å². The zero-order chi connectivity index (χ0) is 24.0. The summed E-state index contributed by atoms with van der Waals surface area (Å²) in [4.78, 5) is 19.4. The molecule has 3 aromatic rings. The first-order valence-corrected chi connectivity index (χ1v) is 11.2. The average molecular weight is 467 g/mol. The number of carbonyl (C=O) groups excluding carboxylic acids is 1. The lowest BCUT2D eigenvalue weighted by atomic mass is 9.95. The Bertz CT molecular complexity index is 1280. The van der Waals surface area contributed by atoms with Crippen LogP contribution in [0.2, 0.25) is 0 Å². The maximum atomic E-state index is 13.9. The third kappa shape index (κ3) is 3.87. The van der Waals surface area contributed by atoms with Crippen molar-refractivity contribution in [1.29, 1.82) is 0 Å². The molecule has 1 amide bonds. The molecule has 0 aliphatic carbocycles. The average Bonchev–Trinajstić information content (AvgIpc) is 3.45. The number of methoxy groups -OCH3 is 1. The second kappa shape index (κ2) is 8.66. The van der Waals surface area contributed by atoms with E-state index in [1.807, 2.05) is 42.0 Å². The van der Waals surface area contributed by atoms with Gasteiger partial charge in [-0.25, -0.2) is 18.2 Å². The van der Waals surface area contributed by atoms with Gasteiger partial charge in [-0.1, -0.05) is 6.07 Å². The predicted molar refractivity (Wildman–Crippen MR) is 121 cm³/mol. The van der Waals surface area contributed by atoms with Gasteiger partial charge < -0.3 is 14.2 Å². The number of carbonyl (C=O) groups is 1. The first kappa shape index (κ1) is 22.3. The Morgan fingerprint density at radius 2 is 1.85 bits per heavy atom. The number of benzene rings is 2. The highest BCUT2D eigenvalue weighted by atomic mass is 19.2. The molecule has 2 atom stereocenters.